The number of aliphatic hydroxyl groups excluding tert-OH is 1. The van der Waals surface area contributed by atoms with Gasteiger partial charge in [0.05, 0.1) is 6.10 Å². The Bertz CT molecular complexity index is 364. The molecule has 1 atom stereocenters. The van der Waals surface area contributed by atoms with Crippen molar-refractivity contribution in [3.63, 3.8) is 0 Å². The molecule has 0 aromatic heterocycles. The van der Waals surface area contributed by atoms with Crippen LogP contribution in [0.25, 0.3) is 0 Å². The minimum atomic E-state index is -0.553. The van der Waals surface area contributed by atoms with Gasteiger partial charge in [-0.2, -0.15) is 0 Å². The summed E-state index contributed by atoms with van der Waals surface area (Å²) in [7, 11) is 0. The van der Waals surface area contributed by atoms with Crippen molar-refractivity contribution >= 4 is 0 Å². The van der Waals surface area contributed by atoms with Crippen molar-refractivity contribution in [2.75, 3.05) is 0 Å². The zero-order chi connectivity index (χ0) is 11.6. The second kappa shape index (κ2) is 4.63. The van der Waals surface area contributed by atoms with Crippen molar-refractivity contribution in [1.82, 2.24) is 0 Å². The smallest absolute Gasteiger partial charge is 0.0971 e. The molecule has 0 spiro atoms. The van der Waals surface area contributed by atoms with Crippen LogP contribution in [-0.4, -0.2) is 5.11 Å². The Morgan fingerprint density at radius 1 is 1.13 bits per heavy atom. The van der Waals surface area contributed by atoms with Crippen LogP contribution in [0.1, 0.15) is 48.1 Å². The first-order chi connectivity index (χ1) is 6.97. The lowest BCUT2D eigenvalue weighted by Gasteiger charge is -2.16. The molecule has 1 aromatic carbocycles. The molecular formula is C14H20O. The zero-order valence-corrected chi connectivity index (χ0v) is 10.0. The van der Waals surface area contributed by atoms with E-state index in [2.05, 4.69) is 39.5 Å². The van der Waals surface area contributed by atoms with Crippen LogP contribution in [0.5, 0.6) is 0 Å². The van der Waals surface area contributed by atoms with Crippen molar-refractivity contribution in [1.29, 1.82) is 0 Å². The summed E-state index contributed by atoms with van der Waals surface area (Å²) < 4.78 is 0. The fourth-order valence-electron chi connectivity index (χ4n) is 1.95. The lowest BCUT2D eigenvalue weighted by Crippen LogP contribution is -2.01. The summed E-state index contributed by atoms with van der Waals surface area (Å²) >= 11 is 0. The second-order valence-electron chi connectivity index (χ2n) is 4.40. The van der Waals surface area contributed by atoms with E-state index >= 15 is 0 Å². The van der Waals surface area contributed by atoms with Gasteiger partial charge in [0, 0.05) is 0 Å². The number of rotatable bonds is 3. The van der Waals surface area contributed by atoms with Gasteiger partial charge in [-0.3, -0.25) is 0 Å². The molecule has 1 unspecified atom stereocenters. The SMILES string of the molecule is C=CC(O)c1cc(C(C)C)c(C)cc1C. The van der Waals surface area contributed by atoms with E-state index in [1.807, 2.05) is 6.92 Å². The molecule has 1 N–H and O–H groups in total. The highest BCUT2D eigenvalue weighted by molar-refractivity contribution is 5.40. The molecule has 1 aromatic rings. The molecule has 0 amide bonds. The fraction of sp³-hybridized carbons (Fsp3) is 0.429. The van der Waals surface area contributed by atoms with Crippen LogP contribution in [0.15, 0.2) is 24.8 Å². The molecule has 0 fully saturated rings. The molecule has 0 radical (unpaired) electrons. The van der Waals surface area contributed by atoms with Gasteiger partial charge in [0.1, 0.15) is 0 Å². The quantitative estimate of drug-likeness (QED) is 0.745. The van der Waals surface area contributed by atoms with E-state index in [9.17, 15) is 5.11 Å². The van der Waals surface area contributed by atoms with Crippen LogP contribution < -0.4 is 0 Å². The molecule has 15 heavy (non-hydrogen) atoms. The molecule has 1 nitrogen and oxygen atoms in total. The van der Waals surface area contributed by atoms with E-state index in [1.54, 1.807) is 6.08 Å². The van der Waals surface area contributed by atoms with Gasteiger partial charge in [-0.25, -0.2) is 0 Å². The Kier molecular flexibility index (Phi) is 3.70. The van der Waals surface area contributed by atoms with Gasteiger partial charge in [-0.15, -0.1) is 6.58 Å². The number of aryl methyl sites for hydroxylation is 2. The van der Waals surface area contributed by atoms with E-state index in [1.165, 1.54) is 11.1 Å². The molecule has 0 saturated heterocycles. The van der Waals surface area contributed by atoms with Crippen molar-refractivity contribution in [2.45, 2.75) is 39.7 Å². The summed E-state index contributed by atoms with van der Waals surface area (Å²) in [5.74, 6) is 0.487. The molecule has 0 aliphatic carbocycles. The third-order valence-corrected chi connectivity index (χ3v) is 2.82. The predicted octanol–water partition coefficient (Wildman–Crippen LogP) is 3.65. The lowest BCUT2D eigenvalue weighted by atomic mass is 9.91. The summed E-state index contributed by atoms with van der Waals surface area (Å²) in [6.07, 6.45) is 1.02. The maximum absolute atomic E-state index is 9.79. The van der Waals surface area contributed by atoms with Crippen LogP contribution in [0, 0.1) is 13.8 Å². The van der Waals surface area contributed by atoms with E-state index in [0.29, 0.717) is 5.92 Å². The Morgan fingerprint density at radius 2 is 1.67 bits per heavy atom. The van der Waals surface area contributed by atoms with Gasteiger partial charge in [-0.05, 0) is 42.0 Å². The third kappa shape index (κ3) is 2.48. The van der Waals surface area contributed by atoms with E-state index in [4.69, 9.17) is 0 Å². The molecule has 0 bridgehead atoms. The topological polar surface area (TPSA) is 20.2 Å². The minimum absolute atomic E-state index is 0.487. The first-order valence-corrected chi connectivity index (χ1v) is 5.39. The zero-order valence-electron chi connectivity index (χ0n) is 10.0. The highest BCUT2D eigenvalue weighted by Crippen LogP contribution is 2.27. The third-order valence-electron chi connectivity index (χ3n) is 2.82. The summed E-state index contributed by atoms with van der Waals surface area (Å²) in [6.45, 7) is 12.1. The van der Waals surface area contributed by atoms with Gasteiger partial charge in [0.2, 0.25) is 0 Å². The van der Waals surface area contributed by atoms with Crippen molar-refractivity contribution in [2.24, 2.45) is 0 Å². The van der Waals surface area contributed by atoms with Gasteiger partial charge in [-0.1, -0.05) is 32.1 Å². The normalized spacial score (nSPS) is 12.9. The first kappa shape index (κ1) is 12.0. The van der Waals surface area contributed by atoms with E-state index < -0.39 is 6.10 Å². The summed E-state index contributed by atoms with van der Waals surface area (Å²) in [5, 5.41) is 9.79. The van der Waals surface area contributed by atoms with Gasteiger partial charge < -0.3 is 5.11 Å². The average Bonchev–Trinajstić information content (AvgIpc) is 2.16. The first-order valence-electron chi connectivity index (χ1n) is 5.39. The van der Waals surface area contributed by atoms with Gasteiger partial charge in [0.15, 0.2) is 0 Å². The summed E-state index contributed by atoms with van der Waals surface area (Å²) in [5.41, 5.74) is 4.70. The fourth-order valence-corrected chi connectivity index (χ4v) is 1.95. The largest absolute Gasteiger partial charge is 0.384 e. The molecule has 0 heterocycles. The molecule has 82 valence electrons. The molecule has 0 saturated carbocycles. The maximum Gasteiger partial charge on any atom is 0.0971 e. The highest BCUT2D eigenvalue weighted by atomic mass is 16.3. The molecule has 1 heteroatoms. The Hall–Kier alpha value is -1.08. The van der Waals surface area contributed by atoms with Crippen LogP contribution in [-0.2, 0) is 0 Å². The average molecular weight is 204 g/mol. The lowest BCUT2D eigenvalue weighted by molar-refractivity contribution is 0.228. The molecule has 0 aliphatic rings. The van der Waals surface area contributed by atoms with Crippen LogP contribution >= 0.6 is 0 Å². The van der Waals surface area contributed by atoms with E-state index in [0.717, 1.165) is 11.1 Å². The Labute approximate surface area is 92.5 Å². The maximum atomic E-state index is 9.79. The molecule has 0 aliphatic heterocycles. The Balaban J connectivity index is 3.29. The van der Waals surface area contributed by atoms with Crippen molar-refractivity contribution < 1.29 is 5.11 Å². The van der Waals surface area contributed by atoms with Crippen LogP contribution in [0.3, 0.4) is 0 Å². The molecule has 1 rings (SSSR count). The standard InChI is InChI=1S/C14H20O/c1-6-14(15)13-8-12(9(2)3)10(4)7-11(13)5/h6-9,14-15H,1H2,2-5H3. The highest BCUT2D eigenvalue weighted by Gasteiger charge is 2.11. The van der Waals surface area contributed by atoms with Gasteiger partial charge in [0.25, 0.3) is 0 Å². The number of hydrogen-bond donors (Lipinski definition) is 1. The van der Waals surface area contributed by atoms with Crippen LogP contribution in [0.2, 0.25) is 0 Å². The monoisotopic (exact) mass is 204 g/mol. The predicted molar refractivity (Wildman–Crippen MR) is 65.2 cm³/mol. The summed E-state index contributed by atoms with van der Waals surface area (Å²) in [4.78, 5) is 0. The number of benzene rings is 1. The van der Waals surface area contributed by atoms with Crippen LogP contribution in [0.4, 0.5) is 0 Å². The number of aliphatic hydroxyl groups is 1. The molecular weight excluding hydrogens is 184 g/mol. The van der Waals surface area contributed by atoms with Crippen molar-refractivity contribution in [3.8, 4) is 0 Å². The van der Waals surface area contributed by atoms with Gasteiger partial charge >= 0.3 is 0 Å². The minimum Gasteiger partial charge on any atom is -0.384 e. The second-order valence-corrected chi connectivity index (χ2v) is 4.40. The van der Waals surface area contributed by atoms with Crippen molar-refractivity contribution in [3.05, 3.63) is 47.0 Å². The summed E-state index contributed by atoms with van der Waals surface area (Å²) in [6, 6.07) is 4.24. The Morgan fingerprint density at radius 3 is 2.13 bits per heavy atom. The van der Waals surface area contributed by atoms with E-state index in [-0.39, 0.29) is 0 Å². The number of hydrogen-bond acceptors (Lipinski definition) is 1.